The van der Waals surface area contributed by atoms with Crippen LogP contribution in [0.3, 0.4) is 0 Å². The molecule has 0 radical (unpaired) electrons. The molecule has 132 valence electrons. The van der Waals surface area contributed by atoms with E-state index in [4.69, 9.17) is 0 Å². The maximum atomic E-state index is 12.2. The fourth-order valence-corrected chi connectivity index (χ4v) is 3.12. The normalized spacial score (nSPS) is 10.2. The average Bonchev–Trinajstić information content (AvgIpc) is 3.10. The van der Waals surface area contributed by atoms with E-state index >= 15 is 0 Å². The molecular formula is C20H19N3O2S. The lowest BCUT2D eigenvalue weighted by Crippen LogP contribution is -2.21. The average molecular weight is 365 g/mol. The first-order valence-corrected chi connectivity index (χ1v) is 8.98. The Labute approximate surface area is 156 Å². The zero-order valence-electron chi connectivity index (χ0n) is 14.3. The SMILES string of the molecule is Cc1ccc(CNC(=O)c2ccc(NC(=O)Nc3ccccc3)s2)cc1. The van der Waals surface area contributed by atoms with E-state index in [1.807, 2.05) is 49.4 Å². The van der Waals surface area contributed by atoms with Gasteiger partial charge >= 0.3 is 6.03 Å². The zero-order chi connectivity index (χ0) is 18.4. The van der Waals surface area contributed by atoms with Crippen molar-refractivity contribution in [1.82, 2.24) is 5.32 Å². The van der Waals surface area contributed by atoms with Gasteiger partial charge in [-0.3, -0.25) is 10.1 Å². The van der Waals surface area contributed by atoms with Crippen molar-refractivity contribution in [3.63, 3.8) is 0 Å². The maximum absolute atomic E-state index is 12.2. The van der Waals surface area contributed by atoms with E-state index in [9.17, 15) is 9.59 Å². The van der Waals surface area contributed by atoms with Crippen LogP contribution in [0.15, 0.2) is 66.7 Å². The summed E-state index contributed by atoms with van der Waals surface area (Å²) in [6.45, 7) is 2.49. The molecule has 0 spiro atoms. The van der Waals surface area contributed by atoms with Crippen LogP contribution in [-0.4, -0.2) is 11.9 Å². The highest BCUT2D eigenvalue weighted by Gasteiger charge is 2.11. The van der Waals surface area contributed by atoms with Gasteiger partial charge < -0.3 is 10.6 Å². The summed E-state index contributed by atoms with van der Waals surface area (Å²) in [5, 5.41) is 8.96. The monoisotopic (exact) mass is 365 g/mol. The second-order valence-corrected chi connectivity index (χ2v) is 6.86. The van der Waals surface area contributed by atoms with Gasteiger partial charge in [0.25, 0.3) is 5.91 Å². The topological polar surface area (TPSA) is 70.2 Å². The summed E-state index contributed by atoms with van der Waals surface area (Å²) in [6, 6.07) is 20.3. The summed E-state index contributed by atoms with van der Waals surface area (Å²) >= 11 is 1.23. The molecule has 0 aliphatic heterocycles. The smallest absolute Gasteiger partial charge is 0.324 e. The van der Waals surface area contributed by atoms with E-state index in [2.05, 4.69) is 16.0 Å². The Bertz CT molecular complexity index is 889. The second-order valence-electron chi connectivity index (χ2n) is 5.78. The van der Waals surface area contributed by atoms with Gasteiger partial charge in [-0.25, -0.2) is 4.79 Å². The summed E-state index contributed by atoms with van der Waals surface area (Å²) in [5.41, 5.74) is 2.93. The number of para-hydroxylation sites is 1. The molecule has 2 aromatic carbocycles. The lowest BCUT2D eigenvalue weighted by atomic mass is 10.1. The standard InChI is InChI=1S/C20H19N3O2S/c1-14-7-9-15(10-8-14)13-21-19(24)17-11-12-18(26-17)23-20(25)22-16-5-3-2-4-6-16/h2-12H,13H2,1H3,(H,21,24)(H2,22,23,25). The van der Waals surface area contributed by atoms with E-state index in [-0.39, 0.29) is 11.9 Å². The number of carbonyl (C=O) groups excluding carboxylic acids is 2. The fraction of sp³-hybridized carbons (Fsp3) is 0.100. The largest absolute Gasteiger partial charge is 0.347 e. The third-order valence-corrected chi connectivity index (χ3v) is 4.67. The van der Waals surface area contributed by atoms with Gasteiger partial charge in [0, 0.05) is 12.2 Å². The minimum Gasteiger partial charge on any atom is -0.347 e. The molecule has 0 aliphatic carbocycles. The predicted octanol–water partition coefficient (Wildman–Crippen LogP) is 4.63. The molecule has 3 N–H and O–H groups in total. The van der Waals surface area contributed by atoms with Gasteiger partial charge in [-0.1, -0.05) is 48.0 Å². The predicted molar refractivity (Wildman–Crippen MR) is 106 cm³/mol. The molecule has 0 fully saturated rings. The molecule has 5 nitrogen and oxygen atoms in total. The van der Waals surface area contributed by atoms with Crippen molar-refractivity contribution in [3.05, 3.63) is 82.7 Å². The molecule has 3 aromatic rings. The molecule has 26 heavy (non-hydrogen) atoms. The van der Waals surface area contributed by atoms with Crippen molar-refractivity contribution in [2.75, 3.05) is 10.6 Å². The molecular weight excluding hydrogens is 346 g/mol. The molecule has 1 aromatic heterocycles. The van der Waals surface area contributed by atoms with Crippen molar-refractivity contribution in [2.24, 2.45) is 0 Å². The van der Waals surface area contributed by atoms with Crippen LogP contribution in [-0.2, 0) is 6.54 Å². The van der Waals surface area contributed by atoms with Crippen molar-refractivity contribution in [1.29, 1.82) is 0 Å². The van der Waals surface area contributed by atoms with Crippen molar-refractivity contribution >= 4 is 34.0 Å². The number of carbonyl (C=O) groups is 2. The Morgan fingerprint density at radius 3 is 2.35 bits per heavy atom. The van der Waals surface area contributed by atoms with Crippen LogP contribution in [0.1, 0.15) is 20.8 Å². The van der Waals surface area contributed by atoms with Crippen molar-refractivity contribution in [2.45, 2.75) is 13.5 Å². The number of hydrogen-bond donors (Lipinski definition) is 3. The van der Waals surface area contributed by atoms with Crippen LogP contribution in [0.2, 0.25) is 0 Å². The van der Waals surface area contributed by atoms with Crippen molar-refractivity contribution < 1.29 is 9.59 Å². The van der Waals surface area contributed by atoms with Crippen LogP contribution in [0.5, 0.6) is 0 Å². The summed E-state index contributed by atoms with van der Waals surface area (Å²) in [7, 11) is 0. The highest BCUT2D eigenvalue weighted by atomic mass is 32.1. The molecule has 0 saturated carbocycles. The molecule has 3 rings (SSSR count). The lowest BCUT2D eigenvalue weighted by molar-refractivity contribution is 0.0955. The fourth-order valence-electron chi connectivity index (χ4n) is 2.30. The van der Waals surface area contributed by atoms with Crippen LogP contribution >= 0.6 is 11.3 Å². The summed E-state index contributed by atoms with van der Waals surface area (Å²) in [5.74, 6) is -0.160. The highest BCUT2D eigenvalue weighted by Crippen LogP contribution is 2.22. The third kappa shape index (κ3) is 4.94. The van der Waals surface area contributed by atoms with E-state index in [0.29, 0.717) is 22.1 Å². The minimum atomic E-state index is -0.343. The molecule has 0 atom stereocenters. The zero-order valence-corrected chi connectivity index (χ0v) is 15.1. The number of rotatable bonds is 5. The Kier molecular flexibility index (Phi) is 5.66. The number of benzene rings is 2. The number of anilines is 2. The van der Waals surface area contributed by atoms with Gasteiger partial charge in [0.2, 0.25) is 0 Å². The second kappa shape index (κ2) is 8.31. The minimum absolute atomic E-state index is 0.160. The molecule has 0 saturated heterocycles. The Morgan fingerprint density at radius 2 is 1.62 bits per heavy atom. The molecule has 6 heteroatoms. The van der Waals surface area contributed by atoms with Crippen LogP contribution < -0.4 is 16.0 Å². The first kappa shape index (κ1) is 17.7. The molecule has 0 unspecified atom stereocenters. The van der Waals surface area contributed by atoms with E-state index in [1.54, 1.807) is 24.3 Å². The third-order valence-electron chi connectivity index (χ3n) is 3.67. The number of thiophene rings is 1. The quantitative estimate of drug-likeness (QED) is 0.617. The van der Waals surface area contributed by atoms with E-state index in [0.717, 1.165) is 5.56 Å². The molecule has 0 bridgehead atoms. The van der Waals surface area contributed by atoms with E-state index < -0.39 is 0 Å². The Hall–Kier alpha value is -3.12. The van der Waals surface area contributed by atoms with Crippen LogP contribution in [0.25, 0.3) is 0 Å². The highest BCUT2D eigenvalue weighted by molar-refractivity contribution is 7.18. The van der Waals surface area contributed by atoms with Gasteiger partial charge in [0.05, 0.1) is 9.88 Å². The summed E-state index contributed by atoms with van der Waals surface area (Å²) in [6.07, 6.45) is 0. The summed E-state index contributed by atoms with van der Waals surface area (Å²) < 4.78 is 0. The number of hydrogen-bond acceptors (Lipinski definition) is 3. The van der Waals surface area contributed by atoms with Gasteiger partial charge in [0.15, 0.2) is 0 Å². The lowest BCUT2D eigenvalue weighted by Gasteiger charge is -2.05. The number of nitrogens with one attached hydrogen (secondary N) is 3. The van der Waals surface area contributed by atoms with Gasteiger partial charge in [-0.15, -0.1) is 11.3 Å². The van der Waals surface area contributed by atoms with Gasteiger partial charge in [0.1, 0.15) is 0 Å². The van der Waals surface area contributed by atoms with Crippen LogP contribution in [0.4, 0.5) is 15.5 Å². The molecule has 1 heterocycles. The number of urea groups is 1. The first-order chi connectivity index (χ1) is 12.6. The Morgan fingerprint density at radius 1 is 0.885 bits per heavy atom. The molecule has 3 amide bonds. The number of aryl methyl sites for hydroxylation is 1. The van der Waals surface area contributed by atoms with Gasteiger partial charge in [-0.05, 0) is 36.8 Å². The van der Waals surface area contributed by atoms with Crippen LogP contribution in [0, 0.1) is 6.92 Å². The Balaban J connectivity index is 1.52. The van der Waals surface area contributed by atoms with Gasteiger partial charge in [-0.2, -0.15) is 0 Å². The summed E-state index contributed by atoms with van der Waals surface area (Å²) in [4.78, 5) is 24.8. The van der Waals surface area contributed by atoms with Crippen molar-refractivity contribution in [3.8, 4) is 0 Å². The molecule has 0 aliphatic rings. The van der Waals surface area contributed by atoms with E-state index in [1.165, 1.54) is 16.9 Å². The number of amides is 3. The first-order valence-electron chi connectivity index (χ1n) is 8.17. The maximum Gasteiger partial charge on any atom is 0.324 e.